The molecule has 0 aromatic heterocycles. The molecule has 1 aliphatic rings. The Kier molecular flexibility index (Phi) is 5.71. The van der Waals surface area contributed by atoms with Gasteiger partial charge in [-0.2, -0.15) is 0 Å². The standard InChI is InChI=1S/C20H20N2O5/c23-18(21-15-5-3-6-16(11-15)27-12-19(24)25)9-8-14-10-13-4-1-2-7-17(13)22-20(14)26/h1-7,11,14H,8-10,12H2,(H,21,23)(H,22,26)(H,24,25). The Bertz CT molecular complexity index is 865. The van der Waals surface area contributed by atoms with Crippen LogP contribution in [0.3, 0.4) is 0 Å². The van der Waals surface area contributed by atoms with Gasteiger partial charge in [0.15, 0.2) is 6.61 Å². The van der Waals surface area contributed by atoms with E-state index in [1.54, 1.807) is 24.3 Å². The van der Waals surface area contributed by atoms with Crippen LogP contribution in [0.2, 0.25) is 0 Å². The first kappa shape index (κ1) is 18.4. The number of hydrogen-bond acceptors (Lipinski definition) is 4. The minimum absolute atomic E-state index is 0.0643. The first-order valence-corrected chi connectivity index (χ1v) is 8.64. The van der Waals surface area contributed by atoms with Crippen molar-refractivity contribution in [1.29, 1.82) is 0 Å². The van der Waals surface area contributed by atoms with Crippen LogP contribution in [0.4, 0.5) is 11.4 Å². The average molecular weight is 368 g/mol. The first-order chi connectivity index (χ1) is 13.0. The molecule has 140 valence electrons. The monoisotopic (exact) mass is 368 g/mol. The highest BCUT2D eigenvalue weighted by atomic mass is 16.5. The van der Waals surface area contributed by atoms with Gasteiger partial charge in [0, 0.05) is 29.8 Å². The molecular formula is C20H20N2O5. The largest absolute Gasteiger partial charge is 0.482 e. The summed E-state index contributed by atoms with van der Waals surface area (Å²) in [4.78, 5) is 34.9. The van der Waals surface area contributed by atoms with Gasteiger partial charge >= 0.3 is 5.97 Å². The molecule has 27 heavy (non-hydrogen) atoms. The molecule has 0 spiro atoms. The Hall–Kier alpha value is -3.35. The number of rotatable bonds is 7. The molecule has 0 radical (unpaired) electrons. The molecule has 7 heteroatoms. The van der Waals surface area contributed by atoms with Gasteiger partial charge < -0.3 is 20.5 Å². The summed E-state index contributed by atoms with van der Waals surface area (Å²) in [6.45, 7) is -0.449. The Labute approximate surface area is 156 Å². The second-order valence-corrected chi connectivity index (χ2v) is 6.34. The molecule has 2 aromatic rings. The fraction of sp³-hybridized carbons (Fsp3) is 0.250. The number of fused-ring (bicyclic) bond motifs is 1. The minimum Gasteiger partial charge on any atom is -0.482 e. The topological polar surface area (TPSA) is 105 Å². The molecule has 2 aromatic carbocycles. The van der Waals surface area contributed by atoms with Gasteiger partial charge in [0.2, 0.25) is 11.8 Å². The number of aliphatic carboxylic acids is 1. The zero-order chi connectivity index (χ0) is 19.2. The summed E-state index contributed by atoms with van der Waals surface area (Å²) in [5, 5.41) is 14.3. The number of hydrogen-bond donors (Lipinski definition) is 3. The number of benzene rings is 2. The maximum absolute atomic E-state index is 12.2. The number of amides is 2. The van der Waals surface area contributed by atoms with Crippen molar-refractivity contribution in [2.45, 2.75) is 19.3 Å². The van der Waals surface area contributed by atoms with Crippen molar-refractivity contribution in [1.82, 2.24) is 0 Å². The van der Waals surface area contributed by atoms with Crippen LogP contribution in [0.25, 0.3) is 0 Å². The highest BCUT2D eigenvalue weighted by Crippen LogP contribution is 2.27. The molecule has 0 saturated carbocycles. The van der Waals surface area contributed by atoms with Crippen molar-refractivity contribution < 1.29 is 24.2 Å². The molecule has 0 aliphatic carbocycles. The summed E-state index contributed by atoms with van der Waals surface area (Å²) in [6.07, 6.45) is 1.27. The SMILES string of the molecule is O=C(O)COc1cccc(NC(=O)CCC2Cc3ccccc3NC2=O)c1. The quantitative estimate of drug-likeness (QED) is 0.697. The smallest absolute Gasteiger partial charge is 0.341 e. The summed E-state index contributed by atoms with van der Waals surface area (Å²) in [7, 11) is 0. The van der Waals surface area contributed by atoms with Crippen LogP contribution in [0.15, 0.2) is 48.5 Å². The van der Waals surface area contributed by atoms with E-state index >= 15 is 0 Å². The first-order valence-electron chi connectivity index (χ1n) is 8.64. The molecule has 7 nitrogen and oxygen atoms in total. The van der Waals surface area contributed by atoms with Gasteiger partial charge in [-0.1, -0.05) is 24.3 Å². The Balaban J connectivity index is 1.52. The lowest BCUT2D eigenvalue weighted by Crippen LogP contribution is -2.30. The molecule has 1 unspecified atom stereocenters. The van der Waals surface area contributed by atoms with E-state index in [0.717, 1.165) is 11.3 Å². The van der Waals surface area contributed by atoms with Gasteiger partial charge in [0.1, 0.15) is 5.75 Å². The minimum atomic E-state index is -1.07. The number of carboxylic acid groups (broad SMARTS) is 1. The molecule has 0 bridgehead atoms. The van der Waals surface area contributed by atoms with Crippen LogP contribution in [0.5, 0.6) is 5.75 Å². The number of carbonyl (C=O) groups excluding carboxylic acids is 2. The highest BCUT2D eigenvalue weighted by Gasteiger charge is 2.26. The van der Waals surface area contributed by atoms with Crippen LogP contribution in [-0.4, -0.2) is 29.5 Å². The number of carbonyl (C=O) groups is 3. The zero-order valence-electron chi connectivity index (χ0n) is 14.6. The molecule has 2 amide bonds. The Morgan fingerprint density at radius 1 is 1.19 bits per heavy atom. The summed E-state index contributed by atoms with van der Waals surface area (Å²) in [5.41, 5.74) is 2.42. The lowest BCUT2D eigenvalue weighted by atomic mass is 9.89. The summed E-state index contributed by atoms with van der Waals surface area (Å²) in [6, 6.07) is 14.2. The zero-order valence-corrected chi connectivity index (χ0v) is 14.6. The molecule has 0 fully saturated rings. The van der Waals surface area contributed by atoms with E-state index in [9.17, 15) is 14.4 Å². The van der Waals surface area contributed by atoms with Crippen LogP contribution in [0.1, 0.15) is 18.4 Å². The molecule has 1 aliphatic heterocycles. The van der Waals surface area contributed by atoms with E-state index in [4.69, 9.17) is 9.84 Å². The fourth-order valence-electron chi connectivity index (χ4n) is 2.98. The van der Waals surface area contributed by atoms with Gasteiger partial charge in [-0.3, -0.25) is 9.59 Å². The maximum atomic E-state index is 12.2. The molecular weight excluding hydrogens is 348 g/mol. The lowest BCUT2D eigenvalue weighted by Gasteiger charge is -2.24. The summed E-state index contributed by atoms with van der Waals surface area (Å²) < 4.78 is 5.09. The molecule has 0 saturated heterocycles. The molecule has 1 atom stereocenters. The van der Waals surface area contributed by atoms with E-state index in [1.165, 1.54) is 0 Å². The predicted molar refractivity (Wildman–Crippen MR) is 99.7 cm³/mol. The molecule has 1 heterocycles. The molecule has 3 rings (SSSR count). The lowest BCUT2D eigenvalue weighted by molar-refractivity contribution is -0.139. The van der Waals surface area contributed by atoms with Crippen molar-refractivity contribution in [2.75, 3.05) is 17.2 Å². The van der Waals surface area contributed by atoms with Gasteiger partial charge in [-0.25, -0.2) is 4.79 Å². The van der Waals surface area contributed by atoms with Crippen LogP contribution >= 0.6 is 0 Å². The summed E-state index contributed by atoms with van der Waals surface area (Å²) >= 11 is 0. The highest BCUT2D eigenvalue weighted by molar-refractivity contribution is 5.96. The number of ether oxygens (including phenoxy) is 1. The average Bonchev–Trinajstić information content (AvgIpc) is 2.65. The number of nitrogens with one attached hydrogen (secondary N) is 2. The number of para-hydroxylation sites is 1. The van der Waals surface area contributed by atoms with E-state index in [0.29, 0.717) is 24.3 Å². The normalized spacial score (nSPS) is 15.4. The van der Waals surface area contributed by atoms with Gasteiger partial charge in [0.25, 0.3) is 0 Å². The number of carboxylic acids is 1. The third-order valence-corrected chi connectivity index (χ3v) is 4.31. The Morgan fingerprint density at radius 2 is 2.00 bits per heavy atom. The third-order valence-electron chi connectivity index (χ3n) is 4.31. The van der Waals surface area contributed by atoms with Crippen molar-refractivity contribution in [3.8, 4) is 5.75 Å². The van der Waals surface area contributed by atoms with E-state index in [2.05, 4.69) is 10.6 Å². The van der Waals surface area contributed by atoms with Crippen LogP contribution in [-0.2, 0) is 20.8 Å². The fourth-order valence-corrected chi connectivity index (χ4v) is 2.98. The van der Waals surface area contributed by atoms with E-state index in [1.807, 2.05) is 24.3 Å². The van der Waals surface area contributed by atoms with E-state index < -0.39 is 12.6 Å². The third kappa shape index (κ3) is 5.07. The molecule has 3 N–H and O–H groups in total. The second kappa shape index (κ2) is 8.35. The van der Waals surface area contributed by atoms with Crippen LogP contribution in [0, 0.1) is 5.92 Å². The number of anilines is 2. The van der Waals surface area contributed by atoms with Crippen molar-refractivity contribution >= 4 is 29.2 Å². The maximum Gasteiger partial charge on any atom is 0.341 e. The van der Waals surface area contributed by atoms with Gasteiger partial charge in [-0.15, -0.1) is 0 Å². The summed E-state index contributed by atoms with van der Waals surface area (Å²) in [5.74, 6) is -1.23. The van der Waals surface area contributed by atoms with Gasteiger partial charge in [0.05, 0.1) is 0 Å². The van der Waals surface area contributed by atoms with Crippen molar-refractivity contribution in [3.05, 3.63) is 54.1 Å². The predicted octanol–water partition coefficient (Wildman–Crippen LogP) is 2.68. The van der Waals surface area contributed by atoms with Crippen molar-refractivity contribution in [2.24, 2.45) is 5.92 Å². The van der Waals surface area contributed by atoms with Crippen molar-refractivity contribution in [3.63, 3.8) is 0 Å². The second-order valence-electron chi connectivity index (χ2n) is 6.34. The van der Waals surface area contributed by atoms with Gasteiger partial charge in [-0.05, 0) is 36.6 Å². The van der Waals surface area contributed by atoms with Crippen LogP contribution < -0.4 is 15.4 Å². The Morgan fingerprint density at radius 3 is 2.81 bits per heavy atom. The van der Waals surface area contributed by atoms with E-state index in [-0.39, 0.29) is 24.2 Å².